The quantitative estimate of drug-likeness (QED) is 0.328. The molecule has 1 fully saturated rings. The fraction of sp³-hybridized carbons (Fsp3) is 0.394. The molecule has 0 bridgehead atoms. The summed E-state index contributed by atoms with van der Waals surface area (Å²) in [5.74, 6) is -1.93. The molecule has 3 unspecified atom stereocenters. The molecule has 0 aliphatic carbocycles. The molecule has 9 nitrogen and oxygen atoms in total. The number of likely N-dealkylation sites (tertiary alicyclic amines) is 1. The van der Waals surface area contributed by atoms with E-state index >= 15 is 0 Å². The van der Waals surface area contributed by atoms with Crippen LogP contribution in [0.25, 0.3) is 0 Å². The van der Waals surface area contributed by atoms with Crippen LogP contribution in [0.2, 0.25) is 0 Å². The van der Waals surface area contributed by atoms with E-state index in [4.69, 9.17) is 4.74 Å². The molecule has 0 saturated carbocycles. The van der Waals surface area contributed by atoms with Gasteiger partial charge >= 0.3 is 18.2 Å². The smallest absolute Gasteiger partial charge is 0.416 e. The molecule has 2 aromatic carbocycles. The van der Waals surface area contributed by atoms with E-state index in [0.29, 0.717) is 19.4 Å². The average molecular weight is 625 g/mol. The monoisotopic (exact) mass is 624 g/mol. The van der Waals surface area contributed by atoms with Gasteiger partial charge in [0.15, 0.2) is 0 Å². The maximum absolute atomic E-state index is 14.4. The SMILES string of the molecule is C=CCN1C(=O)NC(c2ccccc2C(F)(F)F)C2=C1CN(C(Cc1ccccc1)C(=O)N1CCCC(C(=O)OCC)C1)C2=O. The number of carbonyl (C=O) groups is 4. The normalized spacial score (nSPS) is 20.9. The van der Waals surface area contributed by atoms with E-state index in [-0.39, 0.29) is 61.4 Å². The number of benzene rings is 2. The van der Waals surface area contributed by atoms with Crippen molar-refractivity contribution in [3.8, 4) is 0 Å². The lowest BCUT2D eigenvalue weighted by molar-refractivity contribution is -0.153. The zero-order valence-electron chi connectivity index (χ0n) is 24.9. The highest BCUT2D eigenvalue weighted by Gasteiger charge is 2.49. The summed E-state index contributed by atoms with van der Waals surface area (Å²) in [6.45, 7) is 5.95. The van der Waals surface area contributed by atoms with E-state index in [0.717, 1.165) is 11.6 Å². The first-order chi connectivity index (χ1) is 21.5. The molecule has 45 heavy (non-hydrogen) atoms. The van der Waals surface area contributed by atoms with Crippen LogP contribution in [0.1, 0.15) is 42.5 Å². The third-order valence-electron chi connectivity index (χ3n) is 8.42. The van der Waals surface area contributed by atoms with Gasteiger partial charge in [-0.05, 0) is 37.0 Å². The number of hydrogen-bond acceptors (Lipinski definition) is 5. The Morgan fingerprint density at radius 3 is 2.51 bits per heavy atom. The second-order valence-corrected chi connectivity index (χ2v) is 11.2. The van der Waals surface area contributed by atoms with E-state index in [1.54, 1.807) is 11.8 Å². The Bertz CT molecular complexity index is 1510. The highest BCUT2D eigenvalue weighted by molar-refractivity contribution is 6.04. The van der Waals surface area contributed by atoms with E-state index in [9.17, 15) is 32.3 Å². The van der Waals surface area contributed by atoms with Crippen LogP contribution in [0, 0.1) is 5.92 Å². The second-order valence-electron chi connectivity index (χ2n) is 11.2. The molecule has 1 N–H and O–H groups in total. The summed E-state index contributed by atoms with van der Waals surface area (Å²) in [5, 5.41) is 2.60. The molecule has 238 valence electrons. The minimum Gasteiger partial charge on any atom is -0.466 e. The molecular formula is C33H35F3N4O5. The van der Waals surface area contributed by atoms with Crippen LogP contribution >= 0.6 is 0 Å². The van der Waals surface area contributed by atoms with Crippen LogP contribution in [-0.2, 0) is 31.7 Å². The van der Waals surface area contributed by atoms with Gasteiger partial charge in [-0.2, -0.15) is 13.2 Å². The Labute approximate surface area is 259 Å². The van der Waals surface area contributed by atoms with Gasteiger partial charge in [-0.3, -0.25) is 19.3 Å². The number of piperidine rings is 1. The summed E-state index contributed by atoms with van der Waals surface area (Å²) in [6.07, 6.45) is -2.03. The number of esters is 1. The van der Waals surface area contributed by atoms with Crippen molar-refractivity contribution in [2.24, 2.45) is 5.92 Å². The molecule has 4 amide bonds. The minimum atomic E-state index is -4.74. The van der Waals surface area contributed by atoms with Crippen molar-refractivity contribution >= 4 is 23.8 Å². The number of hydrogen-bond donors (Lipinski definition) is 1. The summed E-state index contributed by atoms with van der Waals surface area (Å²) in [5.41, 5.74) is -0.274. The van der Waals surface area contributed by atoms with Crippen molar-refractivity contribution in [1.29, 1.82) is 0 Å². The topological polar surface area (TPSA) is 99.3 Å². The van der Waals surface area contributed by atoms with Gasteiger partial charge in [0.1, 0.15) is 6.04 Å². The maximum atomic E-state index is 14.4. The molecule has 0 radical (unpaired) electrons. The predicted octanol–water partition coefficient (Wildman–Crippen LogP) is 4.47. The fourth-order valence-corrected chi connectivity index (χ4v) is 6.34. The van der Waals surface area contributed by atoms with Crippen LogP contribution in [0.3, 0.4) is 0 Å². The van der Waals surface area contributed by atoms with Crippen molar-refractivity contribution in [2.45, 2.75) is 44.4 Å². The standard InChI is InChI=1S/C33H35F3N4O5/c1-3-16-39-26-20-40(30(42)27(26)28(37-32(39)44)23-14-8-9-15-24(23)33(34,35)36)25(18-21-11-6-5-7-12-21)29(41)38-17-10-13-22(19-38)31(43)45-4-2/h3,5-9,11-12,14-15,22,25,28H,1,4,10,13,16-20H2,2H3,(H,37,44). The van der Waals surface area contributed by atoms with Crippen molar-refractivity contribution < 1.29 is 37.1 Å². The Morgan fingerprint density at radius 2 is 1.82 bits per heavy atom. The van der Waals surface area contributed by atoms with E-state index < -0.39 is 41.7 Å². The summed E-state index contributed by atoms with van der Waals surface area (Å²) in [6, 6.07) is 10.8. The number of halogens is 3. The van der Waals surface area contributed by atoms with Crippen LogP contribution in [0.5, 0.6) is 0 Å². The average Bonchev–Trinajstić information content (AvgIpc) is 3.37. The number of nitrogens with zero attached hydrogens (tertiary/aromatic N) is 3. The lowest BCUT2D eigenvalue weighted by Gasteiger charge is -2.37. The molecule has 1 saturated heterocycles. The van der Waals surface area contributed by atoms with Crippen LogP contribution in [0.4, 0.5) is 18.0 Å². The first-order valence-electron chi connectivity index (χ1n) is 14.9. The molecule has 5 rings (SSSR count). The minimum absolute atomic E-state index is 0.00404. The molecular weight excluding hydrogens is 589 g/mol. The molecule has 3 aliphatic rings. The Hall–Kier alpha value is -4.61. The highest BCUT2D eigenvalue weighted by atomic mass is 19.4. The highest BCUT2D eigenvalue weighted by Crippen LogP contribution is 2.42. The Kier molecular flexibility index (Phi) is 9.31. The summed E-state index contributed by atoms with van der Waals surface area (Å²) >= 11 is 0. The van der Waals surface area contributed by atoms with Crippen LogP contribution < -0.4 is 5.32 Å². The largest absolute Gasteiger partial charge is 0.466 e. The fourth-order valence-electron chi connectivity index (χ4n) is 6.34. The first kappa shape index (κ1) is 31.8. The zero-order valence-corrected chi connectivity index (χ0v) is 24.9. The Morgan fingerprint density at radius 1 is 1.11 bits per heavy atom. The molecule has 0 aromatic heterocycles. The number of urea groups is 1. The number of alkyl halides is 3. The summed E-state index contributed by atoms with van der Waals surface area (Å²) < 4.78 is 47.5. The van der Waals surface area contributed by atoms with Gasteiger partial charge in [-0.1, -0.05) is 54.6 Å². The predicted molar refractivity (Wildman–Crippen MR) is 158 cm³/mol. The van der Waals surface area contributed by atoms with Crippen molar-refractivity contribution in [3.05, 3.63) is 95.2 Å². The van der Waals surface area contributed by atoms with Gasteiger partial charge in [0.2, 0.25) is 5.91 Å². The molecule has 2 aromatic rings. The van der Waals surface area contributed by atoms with Gasteiger partial charge in [-0.25, -0.2) is 4.79 Å². The van der Waals surface area contributed by atoms with E-state index in [2.05, 4.69) is 11.9 Å². The lowest BCUT2D eigenvalue weighted by Crippen LogP contribution is -2.54. The molecule has 3 aliphatic heterocycles. The molecule has 0 spiro atoms. The third kappa shape index (κ3) is 6.45. The van der Waals surface area contributed by atoms with E-state index in [1.807, 2.05) is 30.3 Å². The lowest BCUT2D eigenvalue weighted by atomic mass is 9.91. The maximum Gasteiger partial charge on any atom is 0.416 e. The van der Waals surface area contributed by atoms with Crippen molar-refractivity contribution in [3.63, 3.8) is 0 Å². The van der Waals surface area contributed by atoms with Crippen LogP contribution in [0.15, 0.2) is 78.5 Å². The summed E-state index contributed by atoms with van der Waals surface area (Å²) in [7, 11) is 0. The number of rotatable bonds is 9. The second kappa shape index (κ2) is 13.2. The molecule has 12 heteroatoms. The van der Waals surface area contributed by atoms with Crippen molar-refractivity contribution in [2.75, 3.05) is 32.8 Å². The number of nitrogens with one attached hydrogen (secondary N) is 1. The molecule has 3 atom stereocenters. The van der Waals surface area contributed by atoms with E-state index in [1.165, 1.54) is 34.1 Å². The van der Waals surface area contributed by atoms with Gasteiger partial charge in [0, 0.05) is 26.1 Å². The van der Waals surface area contributed by atoms with Crippen LogP contribution in [-0.4, -0.2) is 77.3 Å². The molecule has 3 heterocycles. The van der Waals surface area contributed by atoms with Crippen molar-refractivity contribution in [1.82, 2.24) is 20.0 Å². The van der Waals surface area contributed by atoms with Gasteiger partial charge < -0.3 is 19.9 Å². The number of amides is 4. The summed E-state index contributed by atoms with van der Waals surface area (Å²) in [4.78, 5) is 58.6. The van der Waals surface area contributed by atoms with Gasteiger partial charge in [0.05, 0.1) is 41.9 Å². The van der Waals surface area contributed by atoms with Gasteiger partial charge in [-0.15, -0.1) is 6.58 Å². The van der Waals surface area contributed by atoms with Gasteiger partial charge in [0.25, 0.3) is 5.91 Å². The first-order valence-corrected chi connectivity index (χ1v) is 14.9. The third-order valence-corrected chi connectivity index (χ3v) is 8.42. The zero-order chi connectivity index (χ0) is 32.3. The number of ether oxygens (including phenoxy) is 1. The number of carbonyl (C=O) groups excluding carboxylic acids is 4. The Balaban J connectivity index is 1.54.